The van der Waals surface area contributed by atoms with Crippen molar-refractivity contribution in [1.29, 1.82) is 0 Å². The van der Waals surface area contributed by atoms with Crippen LogP contribution >= 0.6 is 11.8 Å². The number of hydrogen-bond donors (Lipinski definition) is 2. The van der Waals surface area contributed by atoms with Crippen LogP contribution in [0.5, 0.6) is 0 Å². The van der Waals surface area contributed by atoms with E-state index in [2.05, 4.69) is 79.2 Å². The third kappa shape index (κ3) is 7.19. The smallest absolute Gasteiger partial charge is 0.303 e. The molecule has 0 radical (unpaired) electrons. The molecule has 206 valence electrons. The molecule has 1 aliphatic carbocycles. The van der Waals surface area contributed by atoms with E-state index < -0.39 is 11.9 Å². The van der Waals surface area contributed by atoms with E-state index in [0.29, 0.717) is 12.0 Å². The quantitative estimate of drug-likeness (QED) is 0.387. The maximum Gasteiger partial charge on any atom is 0.303 e. The molecule has 0 saturated carbocycles. The number of allylic oxidation sites excluding steroid dienone is 1. The van der Waals surface area contributed by atoms with Crippen molar-refractivity contribution in [3.8, 4) is 11.3 Å². The minimum Gasteiger partial charge on any atom is -0.481 e. The Bertz CT molecular complexity index is 1280. The van der Waals surface area contributed by atoms with E-state index >= 15 is 0 Å². The molecule has 2 N–H and O–H groups in total. The van der Waals surface area contributed by atoms with Crippen molar-refractivity contribution in [3.05, 3.63) is 76.3 Å². The second kappa shape index (κ2) is 13.1. The largest absolute Gasteiger partial charge is 0.481 e. The Kier molecular flexibility index (Phi) is 9.64. The van der Waals surface area contributed by atoms with Gasteiger partial charge in [-0.05, 0) is 47.6 Å². The van der Waals surface area contributed by atoms with Gasteiger partial charge >= 0.3 is 11.9 Å². The highest BCUT2D eigenvalue weighted by Gasteiger charge is 2.33. The molecule has 3 aliphatic heterocycles. The fourth-order valence-corrected chi connectivity index (χ4v) is 6.25. The first-order chi connectivity index (χ1) is 18.7. The SMILES string of the molecule is CC(C)C1=Cc2c(c3ccccnc-3c2N2CCN(C)[C@@H](Cc3ccccc3)C2)CS1.O=C(O)CCC(=O)O. The number of fused-ring (bicyclic) bond motifs is 3. The van der Waals surface area contributed by atoms with Gasteiger partial charge in [0.2, 0.25) is 0 Å². The third-order valence-corrected chi connectivity index (χ3v) is 8.60. The summed E-state index contributed by atoms with van der Waals surface area (Å²) in [7, 11) is 2.27. The van der Waals surface area contributed by atoms with Crippen molar-refractivity contribution in [1.82, 2.24) is 9.88 Å². The van der Waals surface area contributed by atoms with E-state index in [0.717, 1.165) is 31.8 Å². The molecule has 0 amide bonds. The highest BCUT2D eigenvalue weighted by molar-refractivity contribution is 8.02. The number of likely N-dealkylation sites (N-methyl/N-ethyl adjacent to an activating group) is 1. The second-order valence-corrected chi connectivity index (χ2v) is 11.4. The Morgan fingerprint density at radius 3 is 2.38 bits per heavy atom. The highest BCUT2D eigenvalue weighted by atomic mass is 32.2. The number of benzene rings is 1. The molecule has 1 fully saturated rings. The molecule has 5 rings (SSSR count). The topological polar surface area (TPSA) is 94.0 Å². The zero-order valence-electron chi connectivity index (χ0n) is 22.8. The van der Waals surface area contributed by atoms with Gasteiger partial charge in [-0.25, -0.2) is 0 Å². The van der Waals surface area contributed by atoms with Crippen LogP contribution < -0.4 is 4.90 Å². The van der Waals surface area contributed by atoms with Crippen molar-refractivity contribution in [3.63, 3.8) is 0 Å². The predicted octanol–water partition coefficient (Wildman–Crippen LogP) is 5.73. The lowest BCUT2D eigenvalue weighted by molar-refractivity contribution is -0.143. The fourth-order valence-electron chi connectivity index (χ4n) is 5.09. The number of nitrogens with zero attached hydrogens (tertiary/aromatic N) is 3. The summed E-state index contributed by atoms with van der Waals surface area (Å²) in [6.07, 6.45) is 4.90. The number of carboxylic acids is 2. The second-order valence-electron chi connectivity index (χ2n) is 10.4. The van der Waals surface area contributed by atoms with Gasteiger partial charge < -0.3 is 15.1 Å². The van der Waals surface area contributed by atoms with Crippen molar-refractivity contribution in [2.24, 2.45) is 5.92 Å². The Morgan fingerprint density at radius 2 is 1.72 bits per heavy atom. The highest BCUT2D eigenvalue weighted by Crippen LogP contribution is 2.49. The molecule has 1 aromatic rings. The molecule has 39 heavy (non-hydrogen) atoms. The van der Waals surface area contributed by atoms with Crippen molar-refractivity contribution < 1.29 is 19.8 Å². The van der Waals surface area contributed by atoms with Crippen LogP contribution in [0.4, 0.5) is 5.69 Å². The maximum absolute atomic E-state index is 9.64. The van der Waals surface area contributed by atoms with Gasteiger partial charge in [-0.2, -0.15) is 0 Å². The first-order valence-electron chi connectivity index (χ1n) is 13.4. The number of thioether (sulfide) groups is 1. The van der Waals surface area contributed by atoms with Gasteiger partial charge in [-0.3, -0.25) is 19.5 Å². The van der Waals surface area contributed by atoms with Gasteiger partial charge in [0.25, 0.3) is 0 Å². The van der Waals surface area contributed by atoms with E-state index in [1.807, 2.05) is 24.0 Å². The number of hydrogen-bond acceptors (Lipinski definition) is 6. The third-order valence-electron chi connectivity index (χ3n) is 7.25. The van der Waals surface area contributed by atoms with E-state index in [1.165, 1.54) is 38.5 Å². The zero-order valence-corrected chi connectivity index (χ0v) is 23.7. The summed E-state index contributed by atoms with van der Waals surface area (Å²) < 4.78 is 0. The van der Waals surface area contributed by atoms with Gasteiger partial charge in [-0.1, -0.05) is 56.3 Å². The minimum atomic E-state index is -1.08. The average Bonchev–Trinajstić information content (AvgIpc) is 3.04. The Labute approximate surface area is 234 Å². The molecule has 4 aliphatic rings. The molecule has 0 aromatic heterocycles. The van der Waals surface area contributed by atoms with E-state index in [4.69, 9.17) is 15.2 Å². The molecule has 1 atom stereocenters. The van der Waals surface area contributed by atoms with Gasteiger partial charge in [0, 0.05) is 48.8 Å². The minimum absolute atomic E-state index is 0.296. The van der Waals surface area contributed by atoms with Gasteiger partial charge in [0.15, 0.2) is 0 Å². The molecule has 3 heterocycles. The van der Waals surface area contributed by atoms with E-state index in [1.54, 1.807) is 0 Å². The summed E-state index contributed by atoms with van der Waals surface area (Å²) in [5, 5.41) is 15.8. The Balaban J connectivity index is 0.000000386. The number of anilines is 1. The number of aromatic nitrogens is 1. The molecular formula is C31H37N3O4S. The lowest BCUT2D eigenvalue weighted by Crippen LogP contribution is -2.52. The molecule has 8 heteroatoms. The first kappa shape index (κ1) is 28.6. The van der Waals surface area contributed by atoms with Gasteiger partial charge in [-0.15, -0.1) is 11.8 Å². The van der Waals surface area contributed by atoms with Crippen LogP contribution in [0, 0.1) is 5.92 Å². The van der Waals surface area contributed by atoms with Gasteiger partial charge in [0.05, 0.1) is 24.2 Å². The Morgan fingerprint density at radius 1 is 1.03 bits per heavy atom. The standard InChI is InChI=1S/C27H31N3S.C4H6O4/c1-19(2)25-16-23-24(18-31-25)22-11-7-8-12-28-26(22)27(23)30-14-13-29(3)21(17-30)15-20-9-5-4-6-10-20;5-3(6)1-2-4(7)8/h4-12,16,19,21H,13-15,17-18H2,1-3H3;1-2H2,(H,5,6)(H,7,8)/t21-;/m0./s1. The molecule has 0 bridgehead atoms. The van der Waals surface area contributed by atoms with Crippen LogP contribution in [0.25, 0.3) is 17.3 Å². The van der Waals surface area contributed by atoms with E-state index in [9.17, 15) is 9.59 Å². The van der Waals surface area contributed by atoms with Crippen molar-refractivity contribution in [2.45, 2.75) is 44.9 Å². The van der Waals surface area contributed by atoms with Crippen molar-refractivity contribution >= 4 is 35.5 Å². The molecule has 7 nitrogen and oxygen atoms in total. The summed E-state index contributed by atoms with van der Waals surface area (Å²) in [6, 6.07) is 17.8. The number of carbonyl (C=O) groups is 2. The predicted molar refractivity (Wildman–Crippen MR) is 158 cm³/mol. The Hall–Kier alpha value is -3.36. The number of aliphatic carboxylic acids is 2. The molecule has 1 saturated heterocycles. The summed E-state index contributed by atoms with van der Waals surface area (Å²) in [4.78, 5) is 30.8. The number of piperazine rings is 1. The van der Waals surface area contributed by atoms with Gasteiger partial charge in [0.1, 0.15) is 0 Å². The first-order valence-corrected chi connectivity index (χ1v) is 14.4. The summed E-state index contributed by atoms with van der Waals surface area (Å²) >= 11 is 1.99. The molecule has 1 aromatic carbocycles. The van der Waals surface area contributed by atoms with E-state index in [-0.39, 0.29) is 12.8 Å². The maximum atomic E-state index is 9.64. The summed E-state index contributed by atoms with van der Waals surface area (Å²) in [6.45, 7) is 7.76. The fraction of sp³-hybridized carbons (Fsp3) is 0.387. The zero-order chi connectivity index (χ0) is 27.9. The average molecular weight is 548 g/mol. The van der Waals surface area contributed by atoms with Crippen LogP contribution in [-0.2, 0) is 21.8 Å². The normalized spacial score (nSPS) is 17.3. The van der Waals surface area contributed by atoms with Crippen molar-refractivity contribution in [2.75, 3.05) is 31.6 Å². The molecule has 0 spiro atoms. The lowest BCUT2D eigenvalue weighted by Gasteiger charge is -2.41. The van der Waals surface area contributed by atoms with Crippen LogP contribution in [-0.4, -0.2) is 64.8 Å². The lowest BCUT2D eigenvalue weighted by atomic mass is 10.0. The number of rotatable bonds is 7. The van der Waals surface area contributed by atoms with Crippen LogP contribution in [0.2, 0.25) is 0 Å². The monoisotopic (exact) mass is 547 g/mol. The van der Waals surface area contributed by atoms with Crippen LogP contribution in [0.15, 0.2) is 59.6 Å². The number of carboxylic acid groups (broad SMARTS) is 2. The molecule has 0 unspecified atom stereocenters. The van der Waals surface area contributed by atoms with Crippen LogP contribution in [0.3, 0.4) is 0 Å². The summed E-state index contributed by atoms with van der Waals surface area (Å²) in [5.41, 5.74) is 8.13. The summed E-state index contributed by atoms with van der Waals surface area (Å²) in [5.74, 6) is -0.547. The molecular weight excluding hydrogens is 510 g/mol. The van der Waals surface area contributed by atoms with Crippen LogP contribution in [0.1, 0.15) is 43.4 Å².